The van der Waals surface area contributed by atoms with Crippen LogP contribution in [0.1, 0.15) is 10.7 Å². The second-order valence-corrected chi connectivity index (χ2v) is 7.18. The molecule has 0 aliphatic heterocycles. The van der Waals surface area contributed by atoms with Crippen LogP contribution in [-0.2, 0) is 17.8 Å². The molecule has 0 unspecified atom stereocenters. The van der Waals surface area contributed by atoms with Gasteiger partial charge in [0, 0.05) is 10.4 Å². The molecule has 0 bridgehead atoms. The molecule has 0 atom stereocenters. The molecule has 2 N–H and O–H groups in total. The Morgan fingerprint density at radius 2 is 1.96 bits per heavy atom. The number of imidazole rings is 1. The average Bonchev–Trinajstić information content (AvgIpc) is 3.27. The molecular weight excluding hydrogens is 384 g/mol. The maximum absolute atomic E-state index is 12.2. The van der Waals surface area contributed by atoms with E-state index in [0.29, 0.717) is 23.3 Å². The van der Waals surface area contributed by atoms with E-state index in [-0.39, 0.29) is 12.3 Å². The number of aromatic amines is 1. The van der Waals surface area contributed by atoms with Gasteiger partial charge in [-0.25, -0.2) is 9.97 Å². The average molecular weight is 399 g/mol. The fraction of sp³-hybridized carbons (Fsp3) is 0.105. The van der Waals surface area contributed by atoms with Crippen molar-refractivity contribution < 1.29 is 9.53 Å². The van der Waals surface area contributed by atoms with Crippen molar-refractivity contribution >= 4 is 45.8 Å². The van der Waals surface area contributed by atoms with Crippen LogP contribution in [0.2, 0.25) is 5.02 Å². The molecule has 8 heteroatoms. The first kappa shape index (κ1) is 17.5. The van der Waals surface area contributed by atoms with Gasteiger partial charge in [-0.15, -0.1) is 11.3 Å². The number of carbonyl (C=O) groups is 1. The van der Waals surface area contributed by atoms with E-state index in [4.69, 9.17) is 16.3 Å². The van der Waals surface area contributed by atoms with Gasteiger partial charge < -0.3 is 9.72 Å². The number of benzene rings is 2. The van der Waals surface area contributed by atoms with E-state index >= 15 is 0 Å². The highest BCUT2D eigenvalue weighted by molar-refractivity contribution is 7.09. The first-order valence-corrected chi connectivity index (χ1v) is 9.48. The molecule has 136 valence electrons. The summed E-state index contributed by atoms with van der Waals surface area (Å²) in [6.45, 7) is 0.345. The molecule has 4 aromatic rings. The fourth-order valence-electron chi connectivity index (χ4n) is 2.53. The highest BCUT2D eigenvalue weighted by Gasteiger charge is 2.11. The molecule has 0 aliphatic carbocycles. The lowest BCUT2D eigenvalue weighted by atomic mass is 10.3. The summed E-state index contributed by atoms with van der Waals surface area (Å²) in [7, 11) is 0. The van der Waals surface area contributed by atoms with Gasteiger partial charge in [0.25, 0.3) is 0 Å². The van der Waals surface area contributed by atoms with E-state index in [1.807, 2.05) is 29.6 Å². The summed E-state index contributed by atoms with van der Waals surface area (Å²) in [6, 6.07) is 14.8. The van der Waals surface area contributed by atoms with E-state index in [0.717, 1.165) is 21.8 Å². The lowest BCUT2D eigenvalue weighted by Gasteiger charge is -2.03. The van der Waals surface area contributed by atoms with E-state index in [1.54, 1.807) is 24.3 Å². The van der Waals surface area contributed by atoms with Crippen LogP contribution in [0.15, 0.2) is 53.9 Å². The quantitative estimate of drug-likeness (QED) is 0.503. The van der Waals surface area contributed by atoms with E-state index in [2.05, 4.69) is 20.3 Å². The molecule has 0 radical (unpaired) electrons. The summed E-state index contributed by atoms with van der Waals surface area (Å²) >= 11 is 7.31. The van der Waals surface area contributed by atoms with Crippen LogP contribution in [0.25, 0.3) is 11.0 Å². The van der Waals surface area contributed by atoms with Crippen molar-refractivity contribution in [1.82, 2.24) is 15.0 Å². The number of hydrogen-bond donors (Lipinski definition) is 2. The van der Waals surface area contributed by atoms with Gasteiger partial charge in [0.2, 0.25) is 11.9 Å². The minimum absolute atomic E-state index is 0.175. The number of anilines is 1. The summed E-state index contributed by atoms with van der Waals surface area (Å²) in [5.74, 6) is 0.978. The number of carbonyl (C=O) groups excluding carboxylic acids is 1. The zero-order chi connectivity index (χ0) is 18.6. The molecule has 2 aromatic carbocycles. The van der Waals surface area contributed by atoms with Crippen LogP contribution in [0.4, 0.5) is 5.95 Å². The molecule has 0 aliphatic rings. The Labute approximate surface area is 164 Å². The number of amides is 1. The van der Waals surface area contributed by atoms with Crippen molar-refractivity contribution in [2.75, 3.05) is 5.32 Å². The van der Waals surface area contributed by atoms with Crippen molar-refractivity contribution in [3.8, 4) is 5.75 Å². The number of halogens is 1. The number of H-pyrrole nitrogens is 1. The number of ether oxygens (including phenoxy) is 1. The van der Waals surface area contributed by atoms with Crippen LogP contribution in [0.5, 0.6) is 5.75 Å². The number of nitrogens with one attached hydrogen (secondary N) is 2. The number of aromatic nitrogens is 3. The molecule has 0 saturated heterocycles. The maximum Gasteiger partial charge on any atom is 0.232 e. The van der Waals surface area contributed by atoms with Gasteiger partial charge in [-0.2, -0.15) is 0 Å². The number of hydrogen-bond acceptors (Lipinski definition) is 5. The Bertz CT molecular complexity index is 1040. The summed E-state index contributed by atoms with van der Waals surface area (Å²) in [6.07, 6.45) is 0.175. The topological polar surface area (TPSA) is 79.9 Å². The summed E-state index contributed by atoms with van der Waals surface area (Å²) in [4.78, 5) is 24.1. The van der Waals surface area contributed by atoms with Gasteiger partial charge in [-0.1, -0.05) is 23.7 Å². The highest BCUT2D eigenvalue weighted by atomic mass is 35.5. The summed E-state index contributed by atoms with van der Waals surface area (Å²) in [5, 5.41) is 6.09. The molecule has 27 heavy (non-hydrogen) atoms. The normalized spacial score (nSPS) is 10.9. The maximum atomic E-state index is 12.2. The predicted molar refractivity (Wildman–Crippen MR) is 106 cm³/mol. The Hall–Kier alpha value is -2.90. The van der Waals surface area contributed by atoms with Crippen LogP contribution in [-0.4, -0.2) is 20.9 Å². The van der Waals surface area contributed by atoms with E-state index in [9.17, 15) is 4.79 Å². The number of para-hydroxylation sites is 2. The first-order valence-electron chi connectivity index (χ1n) is 8.22. The standard InChI is InChI=1S/C19H15ClN4O2S/c20-12-5-7-14(8-6-12)26-10-18-21-13(11-27-18)9-17(25)24-19-22-15-3-1-2-4-16(15)23-19/h1-8,11H,9-10H2,(H2,22,23,24,25). The van der Waals surface area contributed by atoms with Crippen LogP contribution >= 0.6 is 22.9 Å². The van der Waals surface area contributed by atoms with Gasteiger partial charge in [0.1, 0.15) is 17.4 Å². The molecular formula is C19H15ClN4O2S. The van der Waals surface area contributed by atoms with Gasteiger partial charge in [-0.05, 0) is 36.4 Å². The zero-order valence-electron chi connectivity index (χ0n) is 14.1. The van der Waals surface area contributed by atoms with E-state index < -0.39 is 0 Å². The van der Waals surface area contributed by atoms with Crippen molar-refractivity contribution in [3.63, 3.8) is 0 Å². The van der Waals surface area contributed by atoms with Crippen LogP contribution in [0, 0.1) is 0 Å². The fourth-order valence-corrected chi connectivity index (χ4v) is 3.36. The second kappa shape index (κ2) is 7.77. The summed E-state index contributed by atoms with van der Waals surface area (Å²) < 4.78 is 5.67. The van der Waals surface area contributed by atoms with Crippen molar-refractivity contribution in [2.45, 2.75) is 13.0 Å². The molecule has 6 nitrogen and oxygen atoms in total. The van der Waals surface area contributed by atoms with Gasteiger partial charge in [0.05, 0.1) is 23.1 Å². The molecule has 4 rings (SSSR count). The van der Waals surface area contributed by atoms with E-state index in [1.165, 1.54) is 11.3 Å². The van der Waals surface area contributed by atoms with Crippen molar-refractivity contribution in [1.29, 1.82) is 0 Å². The SMILES string of the molecule is O=C(Cc1csc(COc2ccc(Cl)cc2)n1)Nc1nc2ccccc2[nH]1. The molecule has 0 fully saturated rings. The van der Waals surface area contributed by atoms with Gasteiger partial charge >= 0.3 is 0 Å². The van der Waals surface area contributed by atoms with Crippen molar-refractivity contribution in [3.05, 3.63) is 69.6 Å². The summed E-state index contributed by atoms with van der Waals surface area (Å²) in [5.41, 5.74) is 2.38. The molecule has 0 saturated carbocycles. The smallest absolute Gasteiger partial charge is 0.232 e. The lowest BCUT2D eigenvalue weighted by molar-refractivity contribution is -0.115. The third-order valence-corrected chi connectivity index (χ3v) is 4.89. The molecule has 1 amide bonds. The number of fused-ring (bicyclic) bond motifs is 1. The van der Waals surface area contributed by atoms with Crippen LogP contribution < -0.4 is 10.1 Å². The molecule has 2 heterocycles. The highest BCUT2D eigenvalue weighted by Crippen LogP contribution is 2.19. The number of thiazole rings is 1. The van der Waals surface area contributed by atoms with Gasteiger partial charge in [-0.3, -0.25) is 10.1 Å². The number of nitrogens with zero attached hydrogens (tertiary/aromatic N) is 2. The second-order valence-electron chi connectivity index (χ2n) is 5.80. The lowest BCUT2D eigenvalue weighted by Crippen LogP contribution is -2.15. The Morgan fingerprint density at radius 1 is 1.15 bits per heavy atom. The number of rotatable bonds is 6. The third-order valence-electron chi connectivity index (χ3n) is 3.76. The minimum Gasteiger partial charge on any atom is -0.486 e. The first-order chi connectivity index (χ1) is 13.2. The van der Waals surface area contributed by atoms with Crippen LogP contribution in [0.3, 0.4) is 0 Å². The third kappa shape index (κ3) is 4.45. The predicted octanol–water partition coefficient (Wildman–Crippen LogP) is 4.43. The molecule has 2 aromatic heterocycles. The van der Waals surface area contributed by atoms with Crippen molar-refractivity contribution in [2.24, 2.45) is 0 Å². The van der Waals surface area contributed by atoms with Gasteiger partial charge in [0.15, 0.2) is 0 Å². The largest absolute Gasteiger partial charge is 0.486 e. The monoisotopic (exact) mass is 398 g/mol. The Morgan fingerprint density at radius 3 is 2.78 bits per heavy atom. The Balaban J connectivity index is 1.32. The zero-order valence-corrected chi connectivity index (χ0v) is 15.7. The minimum atomic E-state index is -0.176. The molecule has 0 spiro atoms. The Kier molecular flexibility index (Phi) is 5.04.